The molecule has 0 fully saturated rings. The monoisotopic (exact) mass is 277 g/mol. The van der Waals surface area contributed by atoms with Crippen molar-refractivity contribution in [1.82, 2.24) is 10.2 Å². The molecule has 8 heteroatoms. The van der Waals surface area contributed by atoms with E-state index in [9.17, 15) is 18.3 Å². The Morgan fingerprint density at radius 3 is 2.44 bits per heavy atom. The Morgan fingerprint density at radius 2 is 1.94 bits per heavy atom. The fourth-order valence-corrected chi connectivity index (χ4v) is 1.68. The summed E-state index contributed by atoms with van der Waals surface area (Å²) >= 11 is 5.57. The topological polar surface area (TPSA) is 74.9 Å². The van der Waals surface area contributed by atoms with Crippen LogP contribution in [-0.2, 0) is 6.18 Å². The lowest BCUT2D eigenvalue weighted by atomic mass is 10.1. The predicted octanol–water partition coefficient (Wildman–Crippen LogP) is 3.04. The van der Waals surface area contributed by atoms with Crippen molar-refractivity contribution in [3.8, 4) is 17.0 Å². The van der Waals surface area contributed by atoms with Gasteiger partial charge in [-0.3, -0.25) is 5.10 Å². The highest BCUT2D eigenvalue weighted by molar-refractivity contribution is 6.32. The van der Waals surface area contributed by atoms with Gasteiger partial charge < -0.3 is 10.8 Å². The lowest BCUT2D eigenvalue weighted by molar-refractivity contribution is -0.138. The minimum Gasteiger partial charge on any atom is -0.506 e. The number of hydrogen-bond donors (Lipinski definition) is 3. The van der Waals surface area contributed by atoms with Crippen LogP contribution in [0.5, 0.6) is 5.75 Å². The number of aromatic hydroxyl groups is 1. The molecule has 1 aromatic heterocycles. The number of nitrogens with one attached hydrogen (secondary N) is 1. The molecule has 1 heterocycles. The summed E-state index contributed by atoms with van der Waals surface area (Å²) in [6, 6.07) is 3.33. The van der Waals surface area contributed by atoms with E-state index in [2.05, 4.69) is 10.2 Å². The Hall–Kier alpha value is -1.89. The van der Waals surface area contributed by atoms with Crippen LogP contribution in [0.2, 0.25) is 5.02 Å². The summed E-state index contributed by atoms with van der Waals surface area (Å²) in [5.74, 6) is -0.858. The zero-order chi connectivity index (χ0) is 13.5. The highest BCUT2D eigenvalue weighted by Crippen LogP contribution is 2.42. The van der Waals surface area contributed by atoms with Crippen LogP contribution in [0.15, 0.2) is 18.2 Å². The number of hydrogen-bond acceptors (Lipinski definition) is 3. The average Bonchev–Trinajstić information content (AvgIpc) is 2.67. The number of rotatable bonds is 1. The molecule has 2 rings (SSSR count). The number of nitrogen functional groups attached to an aromatic ring is 1. The van der Waals surface area contributed by atoms with E-state index >= 15 is 0 Å². The number of aromatic nitrogens is 2. The maximum Gasteiger partial charge on any atom is 0.420 e. The molecular formula is C10H7ClF3N3O. The summed E-state index contributed by atoms with van der Waals surface area (Å²) in [6.07, 6.45) is -4.70. The molecule has 1 aromatic carbocycles. The van der Waals surface area contributed by atoms with Gasteiger partial charge in [-0.05, 0) is 12.1 Å². The molecule has 0 radical (unpaired) electrons. The molecule has 96 valence electrons. The van der Waals surface area contributed by atoms with Crippen molar-refractivity contribution >= 4 is 17.4 Å². The molecular weight excluding hydrogens is 271 g/mol. The van der Waals surface area contributed by atoms with Crippen molar-refractivity contribution in [2.75, 3.05) is 5.73 Å². The van der Waals surface area contributed by atoms with Crippen LogP contribution in [0.25, 0.3) is 11.3 Å². The van der Waals surface area contributed by atoms with Crippen molar-refractivity contribution < 1.29 is 18.3 Å². The van der Waals surface area contributed by atoms with Crippen molar-refractivity contribution in [1.29, 1.82) is 0 Å². The molecule has 0 spiro atoms. The van der Waals surface area contributed by atoms with Gasteiger partial charge in [0, 0.05) is 11.6 Å². The van der Waals surface area contributed by atoms with E-state index in [1.165, 1.54) is 12.1 Å². The average molecular weight is 278 g/mol. The van der Waals surface area contributed by atoms with Crippen LogP contribution in [0, 0.1) is 0 Å². The lowest BCUT2D eigenvalue weighted by Crippen LogP contribution is -2.05. The number of halogens is 4. The first-order valence-corrected chi connectivity index (χ1v) is 5.08. The first-order chi connectivity index (χ1) is 8.29. The van der Waals surface area contributed by atoms with E-state index in [1.54, 1.807) is 0 Å². The fourth-order valence-electron chi connectivity index (χ4n) is 1.46. The first kappa shape index (κ1) is 12.6. The van der Waals surface area contributed by atoms with Crippen molar-refractivity contribution in [3.05, 3.63) is 28.8 Å². The molecule has 4 nitrogen and oxygen atoms in total. The zero-order valence-electron chi connectivity index (χ0n) is 8.72. The van der Waals surface area contributed by atoms with Crippen LogP contribution < -0.4 is 5.73 Å². The molecule has 0 atom stereocenters. The molecule has 18 heavy (non-hydrogen) atoms. The number of alkyl halides is 3. The van der Waals surface area contributed by atoms with Crippen LogP contribution in [-0.4, -0.2) is 15.3 Å². The molecule has 0 bridgehead atoms. The quantitative estimate of drug-likeness (QED) is 0.750. The minimum atomic E-state index is -4.70. The number of phenols is 1. The van der Waals surface area contributed by atoms with Crippen LogP contribution in [0.4, 0.5) is 19.0 Å². The van der Waals surface area contributed by atoms with Gasteiger partial charge in [0.15, 0.2) is 0 Å². The Kier molecular flexibility index (Phi) is 2.86. The van der Waals surface area contributed by atoms with Crippen LogP contribution in [0.1, 0.15) is 5.56 Å². The molecule has 0 aliphatic carbocycles. The molecule has 0 aliphatic rings. The Bertz CT molecular complexity index is 595. The molecule has 4 N–H and O–H groups in total. The highest BCUT2D eigenvalue weighted by Gasteiger charge is 2.35. The fraction of sp³-hybridized carbons (Fsp3) is 0.100. The number of benzene rings is 1. The largest absolute Gasteiger partial charge is 0.506 e. The van der Waals surface area contributed by atoms with Gasteiger partial charge in [-0.1, -0.05) is 11.6 Å². The summed E-state index contributed by atoms with van der Waals surface area (Å²) in [5, 5.41) is 15.0. The first-order valence-electron chi connectivity index (χ1n) is 4.70. The minimum absolute atomic E-state index is 0.134. The van der Waals surface area contributed by atoms with Gasteiger partial charge in [0.25, 0.3) is 0 Å². The molecule has 0 unspecified atom stereocenters. The summed E-state index contributed by atoms with van der Waals surface area (Å²) in [4.78, 5) is 0. The molecule has 2 aromatic rings. The Balaban J connectivity index is 2.61. The second-order valence-corrected chi connectivity index (χ2v) is 3.97. The van der Waals surface area contributed by atoms with Crippen molar-refractivity contribution in [2.45, 2.75) is 6.18 Å². The predicted molar refractivity (Wildman–Crippen MR) is 60.1 cm³/mol. The van der Waals surface area contributed by atoms with E-state index in [-0.39, 0.29) is 17.1 Å². The standard InChI is InChI=1S/C10H7ClF3N3O/c11-6-2-4(7-3-8(15)17-16-7)1-5(9(6)18)10(12,13)14/h1-3,18H,(H3,15,16,17). The number of anilines is 1. The van der Waals surface area contributed by atoms with Gasteiger partial charge in [0.05, 0.1) is 16.3 Å². The second-order valence-electron chi connectivity index (χ2n) is 3.56. The van der Waals surface area contributed by atoms with Crippen LogP contribution >= 0.6 is 11.6 Å². The summed E-state index contributed by atoms with van der Waals surface area (Å²) in [6.45, 7) is 0. The summed E-state index contributed by atoms with van der Waals surface area (Å²) in [7, 11) is 0. The third kappa shape index (κ3) is 2.21. The van der Waals surface area contributed by atoms with Crippen LogP contribution in [0.3, 0.4) is 0 Å². The molecule has 0 amide bonds. The van der Waals surface area contributed by atoms with Gasteiger partial charge in [-0.15, -0.1) is 0 Å². The molecule has 0 saturated heterocycles. The van der Waals surface area contributed by atoms with Gasteiger partial charge in [-0.2, -0.15) is 18.3 Å². The zero-order valence-corrected chi connectivity index (χ0v) is 9.47. The smallest absolute Gasteiger partial charge is 0.420 e. The van der Waals surface area contributed by atoms with Gasteiger partial charge >= 0.3 is 6.18 Å². The lowest BCUT2D eigenvalue weighted by Gasteiger charge is -2.11. The molecule has 0 saturated carbocycles. The second kappa shape index (κ2) is 4.09. The maximum absolute atomic E-state index is 12.7. The summed E-state index contributed by atoms with van der Waals surface area (Å²) in [5.41, 5.74) is 4.56. The van der Waals surface area contributed by atoms with E-state index in [0.717, 1.165) is 6.07 Å². The van der Waals surface area contributed by atoms with Crippen molar-refractivity contribution in [3.63, 3.8) is 0 Å². The SMILES string of the molecule is Nc1cc(-c2cc(Cl)c(O)c(C(F)(F)F)c2)[nH]n1. The Morgan fingerprint density at radius 1 is 1.28 bits per heavy atom. The number of aromatic amines is 1. The van der Waals surface area contributed by atoms with E-state index in [0.29, 0.717) is 0 Å². The van der Waals surface area contributed by atoms with E-state index in [1.807, 2.05) is 0 Å². The summed E-state index contributed by atoms with van der Waals surface area (Å²) < 4.78 is 38.0. The Labute approximate surface area is 104 Å². The van der Waals surface area contributed by atoms with E-state index < -0.39 is 22.5 Å². The third-order valence-electron chi connectivity index (χ3n) is 2.28. The van der Waals surface area contributed by atoms with Gasteiger partial charge in [0.1, 0.15) is 11.6 Å². The highest BCUT2D eigenvalue weighted by atomic mass is 35.5. The van der Waals surface area contributed by atoms with E-state index in [4.69, 9.17) is 17.3 Å². The third-order valence-corrected chi connectivity index (χ3v) is 2.57. The van der Waals surface area contributed by atoms with Gasteiger partial charge in [0.2, 0.25) is 0 Å². The number of phenolic OH excluding ortho intramolecular Hbond substituents is 1. The van der Waals surface area contributed by atoms with Crippen molar-refractivity contribution in [2.24, 2.45) is 0 Å². The number of nitrogens with two attached hydrogens (primary N) is 1. The number of H-pyrrole nitrogens is 1. The number of nitrogens with zero attached hydrogens (tertiary/aromatic N) is 1. The maximum atomic E-state index is 12.7. The van der Waals surface area contributed by atoms with Gasteiger partial charge in [-0.25, -0.2) is 0 Å². The molecule has 0 aliphatic heterocycles. The normalized spacial score (nSPS) is 11.8.